The highest BCUT2D eigenvalue weighted by atomic mass is 19.4. The summed E-state index contributed by atoms with van der Waals surface area (Å²) in [5.74, 6) is -0.688. The van der Waals surface area contributed by atoms with Crippen molar-refractivity contribution in [1.82, 2.24) is 0 Å². The van der Waals surface area contributed by atoms with Crippen LogP contribution in [0.2, 0.25) is 0 Å². The van der Waals surface area contributed by atoms with E-state index in [1.807, 2.05) is 0 Å². The summed E-state index contributed by atoms with van der Waals surface area (Å²) < 4.78 is 39.4. The quantitative estimate of drug-likeness (QED) is 0.798. The van der Waals surface area contributed by atoms with Crippen LogP contribution in [-0.2, 0) is 9.53 Å². The van der Waals surface area contributed by atoms with E-state index < -0.39 is 25.3 Å². The Morgan fingerprint density at radius 3 is 2.59 bits per heavy atom. The number of alkyl halides is 3. The minimum atomic E-state index is -4.44. The molecule has 0 fully saturated rings. The molecule has 1 rings (SSSR count). The fourth-order valence-electron chi connectivity index (χ4n) is 1.06. The van der Waals surface area contributed by atoms with Crippen LogP contribution in [0.4, 0.5) is 24.5 Å². The number of hydrogen-bond acceptors (Lipinski definition) is 3. The molecule has 0 aliphatic heterocycles. The van der Waals surface area contributed by atoms with Crippen LogP contribution in [0.25, 0.3) is 0 Å². The zero-order valence-electron chi connectivity index (χ0n) is 8.75. The van der Waals surface area contributed by atoms with Crippen LogP contribution < -0.4 is 11.1 Å². The Morgan fingerprint density at radius 2 is 2.00 bits per heavy atom. The van der Waals surface area contributed by atoms with E-state index in [4.69, 9.17) is 5.73 Å². The fraction of sp³-hybridized carbons (Fsp3) is 0.300. The number of amides is 1. The smallest absolute Gasteiger partial charge is 0.397 e. The number of anilines is 2. The number of para-hydroxylation sites is 2. The van der Waals surface area contributed by atoms with Gasteiger partial charge in [0, 0.05) is 0 Å². The molecule has 4 nitrogen and oxygen atoms in total. The Bertz CT molecular complexity index is 393. The highest BCUT2D eigenvalue weighted by Gasteiger charge is 2.27. The molecule has 0 heterocycles. The molecule has 94 valence electrons. The summed E-state index contributed by atoms with van der Waals surface area (Å²) >= 11 is 0. The molecule has 0 bridgehead atoms. The molecule has 0 radical (unpaired) electrons. The maximum absolute atomic E-state index is 11.7. The maximum atomic E-state index is 11.7. The second-order valence-electron chi connectivity index (χ2n) is 3.24. The van der Waals surface area contributed by atoms with E-state index in [0.29, 0.717) is 11.4 Å². The molecule has 1 aromatic carbocycles. The van der Waals surface area contributed by atoms with Crippen LogP contribution in [0.1, 0.15) is 0 Å². The summed E-state index contributed by atoms with van der Waals surface area (Å²) in [7, 11) is 0. The number of halogens is 3. The summed E-state index contributed by atoms with van der Waals surface area (Å²) in [6.07, 6.45) is -4.44. The molecule has 0 aliphatic rings. The first kappa shape index (κ1) is 13.3. The van der Waals surface area contributed by atoms with E-state index in [1.165, 1.54) is 6.07 Å². The van der Waals surface area contributed by atoms with E-state index in [9.17, 15) is 18.0 Å². The number of hydrogen-bond donors (Lipinski definition) is 2. The molecule has 0 saturated heterocycles. The Labute approximate surface area is 95.6 Å². The number of carbonyl (C=O) groups is 1. The Morgan fingerprint density at radius 1 is 1.35 bits per heavy atom. The molecule has 0 unspecified atom stereocenters. The van der Waals surface area contributed by atoms with Gasteiger partial charge in [-0.3, -0.25) is 4.79 Å². The predicted octanol–water partition coefficient (Wildman–Crippen LogP) is 1.79. The van der Waals surface area contributed by atoms with Crippen molar-refractivity contribution >= 4 is 17.3 Å². The third-order valence-electron chi connectivity index (χ3n) is 1.73. The summed E-state index contributed by atoms with van der Waals surface area (Å²) in [5, 5.41) is 2.34. The Balaban J connectivity index is 2.38. The highest BCUT2D eigenvalue weighted by Crippen LogP contribution is 2.17. The fourth-order valence-corrected chi connectivity index (χ4v) is 1.06. The van der Waals surface area contributed by atoms with E-state index in [1.54, 1.807) is 18.2 Å². The van der Waals surface area contributed by atoms with Gasteiger partial charge in [-0.1, -0.05) is 12.1 Å². The van der Waals surface area contributed by atoms with Crippen molar-refractivity contribution in [2.75, 3.05) is 24.3 Å². The zero-order chi connectivity index (χ0) is 12.9. The summed E-state index contributed by atoms with van der Waals surface area (Å²) in [5.41, 5.74) is 6.20. The monoisotopic (exact) mass is 248 g/mol. The van der Waals surface area contributed by atoms with E-state index in [0.717, 1.165) is 0 Å². The standard InChI is InChI=1S/C10H11F3N2O2/c11-10(12,13)6-17-5-9(16)15-8-4-2-1-3-7(8)14/h1-4H,5-6,14H2,(H,15,16). The predicted molar refractivity (Wildman–Crippen MR) is 56.4 cm³/mol. The molecular weight excluding hydrogens is 237 g/mol. The first-order chi connectivity index (χ1) is 7.88. The number of rotatable bonds is 4. The van der Waals surface area contributed by atoms with Gasteiger partial charge in [0.2, 0.25) is 5.91 Å². The molecule has 1 aromatic rings. The summed E-state index contributed by atoms with van der Waals surface area (Å²) in [4.78, 5) is 11.2. The second kappa shape index (κ2) is 5.53. The Hall–Kier alpha value is -1.76. The Kier molecular flexibility index (Phi) is 4.33. The number of carbonyl (C=O) groups excluding carboxylic acids is 1. The summed E-state index contributed by atoms with van der Waals surface area (Å²) in [6, 6.07) is 6.41. The molecule has 17 heavy (non-hydrogen) atoms. The average Bonchev–Trinajstić information content (AvgIpc) is 2.19. The van der Waals surface area contributed by atoms with Gasteiger partial charge < -0.3 is 15.8 Å². The summed E-state index contributed by atoms with van der Waals surface area (Å²) in [6.45, 7) is -2.13. The molecule has 0 aromatic heterocycles. The van der Waals surface area contributed by atoms with E-state index >= 15 is 0 Å². The largest absolute Gasteiger partial charge is 0.411 e. The van der Waals surface area contributed by atoms with E-state index in [2.05, 4.69) is 10.1 Å². The van der Waals surface area contributed by atoms with Crippen molar-refractivity contribution in [2.45, 2.75) is 6.18 Å². The van der Waals surface area contributed by atoms with Gasteiger partial charge in [0.05, 0.1) is 11.4 Å². The van der Waals surface area contributed by atoms with Crippen molar-refractivity contribution < 1.29 is 22.7 Å². The van der Waals surface area contributed by atoms with Gasteiger partial charge in [0.25, 0.3) is 0 Å². The van der Waals surface area contributed by atoms with Crippen molar-refractivity contribution in [2.24, 2.45) is 0 Å². The SMILES string of the molecule is Nc1ccccc1NC(=O)COCC(F)(F)F. The average molecular weight is 248 g/mol. The number of benzene rings is 1. The second-order valence-corrected chi connectivity index (χ2v) is 3.24. The van der Waals surface area contributed by atoms with Gasteiger partial charge in [0.15, 0.2) is 0 Å². The minimum absolute atomic E-state index is 0.330. The van der Waals surface area contributed by atoms with Crippen LogP contribution in [0.15, 0.2) is 24.3 Å². The lowest BCUT2D eigenvalue weighted by Crippen LogP contribution is -2.24. The molecule has 0 saturated carbocycles. The molecule has 0 spiro atoms. The van der Waals surface area contributed by atoms with Crippen molar-refractivity contribution in [3.05, 3.63) is 24.3 Å². The van der Waals surface area contributed by atoms with Crippen molar-refractivity contribution in [1.29, 1.82) is 0 Å². The zero-order valence-corrected chi connectivity index (χ0v) is 8.75. The topological polar surface area (TPSA) is 64.3 Å². The van der Waals surface area contributed by atoms with Gasteiger partial charge in [0.1, 0.15) is 13.2 Å². The number of nitrogens with two attached hydrogens (primary N) is 1. The van der Waals surface area contributed by atoms with Crippen LogP contribution in [0, 0.1) is 0 Å². The molecule has 0 atom stereocenters. The van der Waals surface area contributed by atoms with Crippen LogP contribution in [0.5, 0.6) is 0 Å². The van der Waals surface area contributed by atoms with Crippen LogP contribution >= 0.6 is 0 Å². The third kappa shape index (κ3) is 5.21. The lowest BCUT2D eigenvalue weighted by Gasteiger charge is -2.09. The van der Waals surface area contributed by atoms with Crippen molar-refractivity contribution in [3.8, 4) is 0 Å². The molecule has 7 heteroatoms. The molecule has 0 aliphatic carbocycles. The molecule has 1 amide bonds. The van der Waals surface area contributed by atoms with Gasteiger partial charge in [-0.05, 0) is 12.1 Å². The maximum Gasteiger partial charge on any atom is 0.411 e. The van der Waals surface area contributed by atoms with Gasteiger partial charge >= 0.3 is 6.18 Å². The molecule has 3 N–H and O–H groups in total. The first-order valence-corrected chi connectivity index (χ1v) is 4.67. The first-order valence-electron chi connectivity index (χ1n) is 4.67. The van der Waals surface area contributed by atoms with Gasteiger partial charge in [-0.2, -0.15) is 13.2 Å². The normalized spacial score (nSPS) is 11.2. The third-order valence-corrected chi connectivity index (χ3v) is 1.73. The molecular formula is C10H11F3N2O2. The van der Waals surface area contributed by atoms with Crippen LogP contribution in [0.3, 0.4) is 0 Å². The highest BCUT2D eigenvalue weighted by molar-refractivity contribution is 5.94. The van der Waals surface area contributed by atoms with Gasteiger partial charge in [-0.25, -0.2) is 0 Å². The number of nitrogens with one attached hydrogen (secondary N) is 1. The minimum Gasteiger partial charge on any atom is -0.397 e. The number of ether oxygens (including phenoxy) is 1. The van der Waals surface area contributed by atoms with Crippen LogP contribution in [-0.4, -0.2) is 25.3 Å². The lowest BCUT2D eigenvalue weighted by atomic mass is 10.3. The lowest BCUT2D eigenvalue weighted by molar-refractivity contribution is -0.174. The van der Waals surface area contributed by atoms with E-state index in [-0.39, 0.29) is 0 Å². The number of nitrogen functional groups attached to an aromatic ring is 1. The van der Waals surface area contributed by atoms with Gasteiger partial charge in [-0.15, -0.1) is 0 Å². The van der Waals surface area contributed by atoms with Crippen molar-refractivity contribution in [3.63, 3.8) is 0 Å².